The highest BCUT2D eigenvalue weighted by Gasteiger charge is 2.27. The molecule has 3 heterocycles. The number of hydrogen-bond donors (Lipinski definition) is 2. The smallest absolute Gasteiger partial charge is 0.257 e. The molecule has 0 saturated heterocycles. The molecule has 4 aromatic rings. The van der Waals surface area contributed by atoms with Gasteiger partial charge in [0.2, 0.25) is 0 Å². The van der Waals surface area contributed by atoms with Gasteiger partial charge >= 0.3 is 0 Å². The average Bonchev–Trinajstić information content (AvgIpc) is 3.40. The molecule has 0 fully saturated rings. The number of nitrogens with zero attached hydrogens (tertiary/aromatic N) is 3. The van der Waals surface area contributed by atoms with Crippen LogP contribution < -0.4 is 10.6 Å². The second-order valence-corrected chi connectivity index (χ2v) is 9.16. The van der Waals surface area contributed by atoms with E-state index in [2.05, 4.69) is 27.1 Å². The van der Waals surface area contributed by atoms with E-state index in [0.717, 1.165) is 54.6 Å². The normalized spacial score (nSPS) is 13.0. The molecule has 0 atom stereocenters. The Morgan fingerprint density at radius 2 is 1.94 bits per heavy atom. The van der Waals surface area contributed by atoms with Crippen molar-refractivity contribution in [2.75, 3.05) is 5.32 Å². The molecule has 1 aliphatic rings. The monoisotopic (exact) mass is 459 g/mol. The second kappa shape index (κ2) is 9.15. The maximum atomic E-state index is 13.4. The van der Waals surface area contributed by atoms with E-state index in [9.17, 15) is 9.59 Å². The van der Waals surface area contributed by atoms with Gasteiger partial charge in [0.05, 0.1) is 28.7 Å². The lowest BCUT2D eigenvalue weighted by atomic mass is 9.95. The molecule has 7 nitrogen and oxygen atoms in total. The van der Waals surface area contributed by atoms with E-state index in [0.29, 0.717) is 22.7 Å². The number of benzene rings is 1. The standard InChI is InChI=1S/C25H25N5O2S/c1-2-30-19-11-5-4-10-18(19)28-21(30)15-27-24(32)22-17-9-3-6-12-20(17)33-25(22)29-23(31)16-8-7-13-26-14-16/h4-5,7-8,10-11,13-14H,2-3,6,9,12,15H2,1H3,(H,27,32)(H,29,31). The van der Waals surface area contributed by atoms with Crippen LogP contribution in [0.15, 0.2) is 48.8 Å². The van der Waals surface area contributed by atoms with E-state index in [1.165, 1.54) is 22.4 Å². The summed E-state index contributed by atoms with van der Waals surface area (Å²) in [4.78, 5) is 36.1. The Bertz CT molecular complexity index is 1330. The lowest BCUT2D eigenvalue weighted by molar-refractivity contribution is 0.0949. The van der Waals surface area contributed by atoms with Gasteiger partial charge in [-0.15, -0.1) is 11.3 Å². The molecule has 0 radical (unpaired) electrons. The van der Waals surface area contributed by atoms with Gasteiger partial charge in [0.25, 0.3) is 11.8 Å². The van der Waals surface area contributed by atoms with E-state index in [1.807, 2.05) is 24.3 Å². The van der Waals surface area contributed by atoms with Crippen LogP contribution in [0.4, 0.5) is 5.00 Å². The van der Waals surface area contributed by atoms with Crippen molar-refractivity contribution in [2.24, 2.45) is 0 Å². The van der Waals surface area contributed by atoms with Crippen molar-refractivity contribution in [2.45, 2.75) is 45.7 Å². The molecule has 0 unspecified atom stereocenters. The average molecular weight is 460 g/mol. The second-order valence-electron chi connectivity index (χ2n) is 8.05. The number of pyridine rings is 1. The van der Waals surface area contributed by atoms with E-state index in [1.54, 1.807) is 18.3 Å². The van der Waals surface area contributed by atoms with Crippen LogP contribution in [0.3, 0.4) is 0 Å². The summed E-state index contributed by atoms with van der Waals surface area (Å²) in [6, 6.07) is 11.4. The van der Waals surface area contributed by atoms with Gasteiger partial charge in [0.15, 0.2) is 0 Å². The number of imidazole rings is 1. The quantitative estimate of drug-likeness (QED) is 0.442. The van der Waals surface area contributed by atoms with Crippen molar-refractivity contribution in [3.63, 3.8) is 0 Å². The van der Waals surface area contributed by atoms with Gasteiger partial charge in [-0.3, -0.25) is 14.6 Å². The third-order valence-corrected chi connectivity index (χ3v) is 7.21. The first-order chi connectivity index (χ1) is 16.2. The lowest BCUT2D eigenvalue weighted by Gasteiger charge is -2.13. The van der Waals surface area contributed by atoms with Gasteiger partial charge in [-0.1, -0.05) is 12.1 Å². The lowest BCUT2D eigenvalue weighted by Crippen LogP contribution is -2.27. The number of rotatable bonds is 6. The van der Waals surface area contributed by atoms with Crippen molar-refractivity contribution in [1.82, 2.24) is 19.9 Å². The number of aryl methyl sites for hydroxylation is 2. The highest BCUT2D eigenvalue weighted by atomic mass is 32.1. The molecule has 3 aromatic heterocycles. The zero-order chi connectivity index (χ0) is 22.8. The van der Waals surface area contributed by atoms with Crippen LogP contribution in [0.2, 0.25) is 0 Å². The molecule has 2 amide bonds. The molecule has 0 spiro atoms. The molecule has 2 N–H and O–H groups in total. The first-order valence-corrected chi connectivity index (χ1v) is 12.1. The number of carbonyl (C=O) groups is 2. The molecule has 5 rings (SSSR count). The summed E-state index contributed by atoms with van der Waals surface area (Å²) in [6.07, 6.45) is 7.09. The van der Waals surface area contributed by atoms with E-state index >= 15 is 0 Å². The minimum atomic E-state index is -0.261. The largest absolute Gasteiger partial charge is 0.345 e. The number of amides is 2. The van der Waals surface area contributed by atoms with Crippen molar-refractivity contribution in [3.8, 4) is 0 Å². The van der Waals surface area contributed by atoms with Crippen molar-refractivity contribution < 1.29 is 9.59 Å². The molecule has 0 bridgehead atoms. The van der Waals surface area contributed by atoms with Crippen LogP contribution in [-0.2, 0) is 25.9 Å². The van der Waals surface area contributed by atoms with Gasteiger partial charge in [-0.25, -0.2) is 4.98 Å². The summed E-state index contributed by atoms with van der Waals surface area (Å²) < 4.78 is 2.11. The van der Waals surface area contributed by atoms with Crippen molar-refractivity contribution in [3.05, 3.63) is 76.2 Å². The van der Waals surface area contributed by atoms with Crippen LogP contribution in [0.25, 0.3) is 11.0 Å². The number of hydrogen-bond acceptors (Lipinski definition) is 5. The maximum absolute atomic E-state index is 13.4. The van der Waals surface area contributed by atoms with E-state index in [-0.39, 0.29) is 11.8 Å². The predicted octanol–water partition coefficient (Wildman–Crippen LogP) is 4.57. The molecule has 33 heavy (non-hydrogen) atoms. The number of aromatic nitrogens is 3. The SMILES string of the molecule is CCn1c(CNC(=O)c2c(NC(=O)c3cccnc3)sc3c2CCCC3)nc2ccccc21. The molecule has 8 heteroatoms. The third kappa shape index (κ3) is 4.14. The van der Waals surface area contributed by atoms with Gasteiger partial charge in [-0.2, -0.15) is 0 Å². The van der Waals surface area contributed by atoms with Gasteiger partial charge in [0.1, 0.15) is 10.8 Å². The van der Waals surface area contributed by atoms with Crippen molar-refractivity contribution >= 4 is 39.2 Å². The molecule has 0 saturated carbocycles. The maximum Gasteiger partial charge on any atom is 0.257 e. The van der Waals surface area contributed by atoms with Crippen LogP contribution in [0, 0.1) is 0 Å². The Hall–Kier alpha value is -3.52. The van der Waals surface area contributed by atoms with Crippen LogP contribution >= 0.6 is 11.3 Å². The first-order valence-electron chi connectivity index (χ1n) is 11.2. The van der Waals surface area contributed by atoms with Gasteiger partial charge < -0.3 is 15.2 Å². The molecule has 1 aliphatic carbocycles. The molecular formula is C25H25N5O2S. The van der Waals surface area contributed by atoms with Crippen LogP contribution in [-0.4, -0.2) is 26.3 Å². The van der Waals surface area contributed by atoms with Gasteiger partial charge in [-0.05, 0) is 62.4 Å². The molecule has 168 valence electrons. The fraction of sp³-hybridized carbons (Fsp3) is 0.280. The Labute approximate surface area is 195 Å². The van der Waals surface area contributed by atoms with E-state index < -0.39 is 0 Å². The molecular weight excluding hydrogens is 434 g/mol. The summed E-state index contributed by atoms with van der Waals surface area (Å²) in [5.74, 6) is 0.381. The Morgan fingerprint density at radius 3 is 2.76 bits per heavy atom. The van der Waals surface area contributed by atoms with Crippen LogP contribution in [0.5, 0.6) is 0 Å². The number of anilines is 1. The fourth-order valence-corrected chi connectivity index (χ4v) is 5.71. The van der Waals surface area contributed by atoms with Gasteiger partial charge in [0, 0.05) is 23.8 Å². The Morgan fingerprint density at radius 1 is 1.09 bits per heavy atom. The molecule has 0 aliphatic heterocycles. The summed E-state index contributed by atoms with van der Waals surface area (Å²) >= 11 is 1.51. The predicted molar refractivity (Wildman–Crippen MR) is 130 cm³/mol. The Balaban J connectivity index is 1.42. The number of fused-ring (bicyclic) bond motifs is 2. The number of thiophene rings is 1. The minimum Gasteiger partial charge on any atom is -0.345 e. The third-order valence-electron chi connectivity index (χ3n) is 6.01. The summed E-state index contributed by atoms with van der Waals surface area (Å²) in [6.45, 7) is 3.16. The summed E-state index contributed by atoms with van der Waals surface area (Å²) in [7, 11) is 0. The number of carbonyl (C=O) groups excluding carboxylic acids is 2. The summed E-state index contributed by atoms with van der Waals surface area (Å²) in [5, 5.41) is 6.63. The first kappa shape index (κ1) is 21.3. The highest BCUT2D eigenvalue weighted by Crippen LogP contribution is 2.38. The highest BCUT2D eigenvalue weighted by molar-refractivity contribution is 7.17. The fourth-order valence-electron chi connectivity index (χ4n) is 4.43. The number of nitrogens with one attached hydrogen (secondary N) is 2. The Kier molecular flexibility index (Phi) is 5.92. The zero-order valence-corrected chi connectivity index (χ0v) is 19.2. The number of para-hydroxylation sites is 2. The van der Waals surface area contributed by atoms with Crippen molar-refractivity contribution in [1.29, 1.82) is 0 Å². The zero-order valence-electron chi connectivity index (χ0n) is 18.4. The molecule has 1 aromatic carbocycles. The van der Waals surface area contributed by atoms with E-state index in [4.69, 9.17) is 4.98 Å². The minimum absolute atomic E-state index is 0.175. The summed E-state index contributed by atoms with van der Waals surface area (Å²) in [5.41, 5.74) is 4.09. The van der Waals surface area contributed by atoms with Crippen LogP contribution in [0.1, 0.15) is 56.7 Å². The topological polar surface area (TPSA) is 88.9 Å².